The molecule has 2 aromatic carbocycles. The normalized spacial score (nSPS) is 11.2. The van der Waals surface area contributed by atoms with Gasteiger partial charge in [-0.15, -0.1) is 0 Å². The van der Waals surface area contributed by atoms with Crippen molar-refractivity contribution in [1.82, 2.24) is 4.98 Å². The zero-order chi connectivity index (χ0) is 13.8. The van der Waals surface area contributed by atoms with Crippen molar-refractivity contribution in [2.45, 2.75) is 5.54 Å². The number of nitrogens with zero attached hydrogens (tertiary/aromatic N) is 1. The van der Waals surface area contributed by atoms with E-state index in [9.17, 15) is 0 Å². The van der Waals surface area contributed by atoms with Gasteiger partial charge in [-0.25, -0.2) is 0 Å². The van der Waals surface area contributed by atoms with E-state index in [1.807, 2.05) is 48.5 Å². The lowest BCUT2D eigenvalue weighted by atomic mass is 9.78. The van der Waals surface area contributed by atoms with Crippen LogP contribution in [0, 0.1) is 0 Å². The van der Waals surface area contributed by atoms with Gasteiger partial charge < -0.3 is 5.73 Å². The fourth-order valence-electron chi connectivity index (χ4n) is 2.52. The fraction of sp³-hybridized carbons (Fsp3) is 0.0556. The second-order valence-corrected chi connectivity index (χ2v) is 4.78. The molecule has 3 aromatic rings. The molecule has 0 amide bonds. The van der Waals surface area contributed by atoms with E-state index in [-0.39, 0.29) is 0 Å². The SMILES string of the molecule is NC(c1ccccc1)(c1ccccc1)c1ccncc1. The van der Waals surface area contributed by atoms with Crippen LogP contribution in [0.3, 0.4) is 0 Å². The number of rotatable bonds is 3. The Morgan fingerprint density at radius 3 is 1.45 bits per heavy atom. The van der Waals surface area contributed by atoms with Crippen LogP contribution in [-0.4, -0.2) is 4.98 Å². The minimum atomic E-state index is -0.661. The number of hydrogen-bond donors (Lipinski definition) is 1. The van der Waals surface area contributed by atoms with E-state index >= 15 is 0 Å². The molecule has 3 rings (SSSR count). The molecule has 2 N–H and O–H groups in total. The average Bonchev–Trinajstić information content (AvgIpc) is 2.56. The van der Waals surface area contributed by atoms with Gasteiger partial charge in [0.25, 0.3) is 0 Å². The highest BCUT2D eigenvalue weighted by Gasteiger charge is 2.31. The fourth-order valence-corrected chi connectivity index (χ4v) is 2.52. The Kier molecular flexibility index (Phi) is 3.32. The standard InChI is InChI=1S/C18H16N2/c19-18(15-7-3-1-4-8-15,16-9-5-2-6-10-16)17-11-13-20-14-12-17/h1-14H,19H2. The minimum absolute atomic E-state index is 0.661. The molecule has 0 saturated carbocycles. The lowest BCUT2D eigenvalue weighted by Gasteiger charge is -2.31. The summed E-state index contributed by atoms with van der Waals surface area (Å²) in [6.45, 7) is 0. The largest absolute Gasteiger partial charge is 0.314 e. The van der Waals surface area contributed by atoms with Gasteiger partial charge in [-0.3, -0.25) is 4.98 Å². The summed E-state index contributed by atoms with van der Waals surface area (Å²) in [7, 11) is 0. The van der Waals surface area contributed by atoms with Crippen LogP contribution in [0.4, 0.5) is 0 Å². The van der Waals surface area contributed by atoms with E-state index in [2.05, 4.69) is 29.2 Å². The molecular weight excluding hydrogens is 244 g/mol. The van der Waals surface area contributed by atoms with Crippen LogP contribution in [0.2, 0.25) is 0 Å². The predicted molar refractivity (Wildman–Crippen MR) is 81.2 cm³/mol. The van der Waals surface area contributed by atoms with Crippen molar-refractivity contribution in [2.24, 2.45) is 5.73 Å². The van der Waals surface area contributed by atoms with Gasteiger partial charge >= 0.3 is 0 Å². The molecule has 1 heterocycles. The molecule has 0 aliphatic heterocycles. The molecule has 0 aliphatic rings. The maximum Gasteiger partial charge on any atom is 0.0924 e. The van der Waals surface area contributed by atoms with Gasteiger partial charge in [-0.1, -0.05) is 60.7 Å². The summed E-state index contributed by atoms with van der Waals surface area (Å²) < 4.78 is 0. The topological polar surface area (TPSA) is 38.9 Å². The van der Waals surface area contributed by atoms with Crippen molar-refractivity contribution in [2.75, 3.05) is 0 Å². The molecule has 0 atom stereocenters. The van der Waals surface area contributed by atoms with E-state index < -0.39 is 5.54 Å². The molecule has 0 fully saturated rings. The van der Waals surface area contributed by atoms with Gasteiger partial charge in [0.2, 0.25) is 0 Å². The number of aromatic nitrogens is 1. The maximum atomic E-state index is 6.83. The summed E-state index contributed by atoms with van der Waals surface area (Å²) in [6, 6.07) is 24.3. The van der Waals surface area contributed by atoms with Crippen LogP contribution in [0.1, 0.15) is 16.7 Å². The van der Waals surface area contributed by atoms with E-state index in [1.54, 1.807) is 12.4 Å². The van der Waals surface area contributed by atoms with Gasteiger partial charge in [0.05, 0.1) is 5.54 Å². The van der Waals surface area contributed by atoms with E-state index in [1.165, 1.54) is 0 Å². The van der Waals surface area contributed by atoms with Crippen LogP contribution >= 0.6 is 0 Å². The molecule has 0 radical (unpaired) electrons. The number of nitrogens with two attached hydrogens (primary N) is 1. The van der Waals surface area contributed by atoms with Gasteiger partial charge in [0.15, 0.2) is 0 Å². The van der Waals surface area contributed by atoms with Crippen molar-refractivity contribution in [3.8, 4) is 0 Å². The Morgan fingerprint density at radius 2 is 1.00 bits per heavy atom. The zero-order valence-electron chi connectivity index (χ0n) is 11.1. The van der Waals surface area contributed by atoms with Gasteiger partial charge in [0, 0.05) is 12.4 Å². The lowest BCUT2D eigenvalue weighted by molar-refractivity contribution is 0.651. The highest BCUT2D eigenvalue weighted by molar-refractivity contribution is 5.48. The van der Waals surface area contributed by atoms with Crippen LogP contribution in [-0.2, 0) is 5.54 Å². The Morgan fingerprint density at radius 1 is 0.600 bits per heavy atom. The third-order valence-corrected chi connectivity index (χ3v) is 3.59. The van der Waals surface area contributed by atoms with Crippen LogP contribution in [0.5, 0.6) is 0 Å². The second kappa shape index (κ2) is 5.27. The molecular formula is C18H16N2. The summed E-state index contributed by atoms with van der Waals surface area (Å²) >= 11 is 0. The summed E-state index contributed by atoms with van der Waals surface area (Å²) in [5, 5.41) is 0. The molecule has 0 saturated heterocycles. The maximum absolute atomic E-state index is 6.83. The first-order chi connectivity index (χ1) is 9.82. The second-order valence-electron chi connectivity index (χ2n) is 4.78. The highest BCUT2D eigenvalue weighted by atomic mass is 14.8. The monoisotopic (exact) mass is 260 g/mol. The molecule has 2 heteroatoms. The molecule has 0 spiro atoms. The van der Waals surface area contributed by atoms with Crippen LogP contribution < -0.4 is 5.73 Å². The van der Waals surface area contributed by atoms with E-state index in [4.69, 9.17) is 5.73 Å². The van der Waals surface area contributed by atoms with Gasteiger partial charge in [-0.2, -0.15) is 0 Å². The minimum Gasteiger partial charge on any atom is -0.314 e. The molecule has 2 nitrogen and oxygen atoms in total. The molecule has 0 unspecified atom stereocenters. The Hall–Kier alpha value is -2.45. The van der Waals surface area contributed by atoms with Crippen molar-refractivity contribution >= 4 is 0 Å². The number of benzene rings is 2. The summed E-state index contributed by atoms with van der Waals surface area (Å²) in [5.74, 6) is 0. The summed E-state index contributed by atoms with van der Waals surface area (Å²) in [6.07, 6.45) is 3.56. The average molecular weight is 260 g/mol. The van der Waals surface area contributed by atoms with Gasteiger partial charge in [-0.05, 0) is 28.8 Å². The third-order valence-electron chi connectivity index (χ3n) is 3.59. The Balaban J connectivity index is 2.24. The van der Waals surface area contributed by atoms with Crippen molar-refractivity contribution in [1.29, 1.82) is 0 Å². The van der Waals surface area contributed by atoms with Crippen molar-refractivity contribution in [3.05, 3.63) is 102 Å². The van der Waals surface area contributed by atoms with Crippen molar-refractivity contribution < 1.29 is 0 Å². The molecule has 98 valence electrons. The van der Waals surface area contributed by atoms with E-state index in [0.29, 0.717) is 0 Å². The Labute approximate surface area is 118 Å². The smallest absolute Gasteiger partial charge is 0.0924 e. The molecule has 0 aliphatic carbocycles. The summed E-state index contributed by atoms with van der Waals surface area (Å²) in [5.41, 5.74) is 9.34. The van der Waals surface area contributed by atoms with Crippen LogP contribution in [0.25, 0.3) is 0 Å². The quantitative estimate of drug-likeness (QED) is 0.784. The summed E-state index contributed by atoms with van der Waals surface area (Å²) in [4.78, 5) is 4.09. The lowest BCUT2D eigenvalue weighted by Crippen LogP contribution is -2.39. The first-order valence-corrected chi connectivity index (χ1v) is 6.62. The highest BCUT2D eigenvalue weighted by Crippen LogP contribution is 2.33. The molecule has 1 aromatic heterocycles. The predicted octanol–water partition coefficient (Wildman–Crippen LogP) is 3.33. The van der Waals surface area contributed by atoms with Crippen LogP contribution in [0.15, 0.2) is 85.2 Å². The van der Waals surface area contributed by atoms with Gasteiger partial charge in [0.1, 0.15) is 0 Å². The first kappa shape index (κ1) is 12.6. The first-order valence-electron chi connectivity index (χ1n) is 6.62. The third kappa shape index (κ3) is 2.10. The molecule has 0 bridgehead atoms. The van der Waals surface area contributed by atoms with E-state index in [0.717, 1.165) is 16.7 Å². The van der Waals surface area contributed by atoms with Crippen molar-refractivity contribution in [3.63, 3.8) is 0 Å². The Bertz CT molecular complexity index is 567. The number of hydrogen-bond acceptors (Lipinski definition) is 2. The molecule has 20 heavy (non-hydrogen) atoms. The zero-order valence-corrected chi connectivity index (χ0v) is 11.1. The number of pyridine rings is 1.